The van der Waals surface area contributed by atoms with E-state index in [0.29, 0.717) is 12.8 Å². The summed E-state index contributed by atoms with van der Waals surface area (Å²) in [6, 6.07) is 8.22. The Morgan fingerprint density at radius 2 is 2.21 bits per heavy atom. The molecule has 19 heavy (non-hydrogen) atoms. The summed E-state index contributed by atoms with van der Waals surface area (Å²) in [5.41, 5.74) is 12.7. The van der Waals surface area contributed by atoms with Crippen molar-refractivity contribution in [2.75, 3.05) is 0 Å². The zero-order chi connectivity index (χ0) is 13.6. The number of amides is 1. The van der Waals surface area contributed by atoms with Crippen LogP contribution in [0.5, 0.6) is 0 Å². The molecule has 2 unspecified atom stereocenters. The van der Waals surface area contributed by atoms with Crippen LogP contribution in [0.3, 0.4) is 0 Å². The van der Waals surface area contributed by atoms with E-state index in [-0.39, 0.29) is 6.04 Å². The number of fused-ring (bicyclic) bond motifs is 1. The molecule has 1 aliphatic rings. The second-order valence-electron chi connectivity index (χ2n) is 5.43. The molecule has 1 amide bonds. The number of nitrogens with two attached hydrogens (primary N) is 2. The zero-order valence-corrected chi connectivity index (χ0v) is 11.0. The monoisotopic (exact) mass is 258 g/mol. The molecule has 0 saturated heterocycles. The molecule has 0 bridgehead atoms. The third kappa shape index (κ3) is 1.81. The van der Waals surface area contributed by atoms with E-state index in [1.807, 2.05) is 25.1 Å². The third-order valence-corrected chi connectivity index (χ3v) is 4.15. The van der Waals surface area contributed by atoms with Crippen LogP contribution in [0.25, 0.3) is 11.0 Å². The normalized spacial score (nSPS) is 26.9. The molecule has 5 heteroatoms. The van der Waals surface area contributed by atoms with Crippen LogP contribution in [0, 0.1) is 6.92 Å². The van der Waals surface area contributed by atoms with Crippen LogP contribution in [0.15, 0.2) is 24.3 Å². The molecule has 0 aliphatic heterocycles. The molecule has 1 heterocycles. The number of carbonyl (C=O) groups excluding carboxylic acids is 1. The molecule has 100 valence electrons. The highest BCUT2D eigenvalue weighted by Gasteiger charge is 2.41. The van der Waals surface area contributed by atoms with Crippen molar-refractivity contribution in [3.05, 3.63) is 30.1 Å². The van der Waals surface area contributed by atoms with Gasteiger partial charge in [-0.2, -0.15) is 0 Å². The van der Waals surface area contributed by atoms with Gasteiger partial charge in [-0.15, -0.1) is 0 Å². The summed E-state index contributed by atoms with van der Waals surface area (Å²) in [6.07, 6.45) is 2.09. The standard InChI is InChI=1S/C14H18N4O/c1-9-17-11-4-2-3-5-12(11)18(9)10-6-7-14(16,8-10)13(15)19/h2-5,10H,6-8,16H2,1H3,(H2,15,19). The van der Waals surface area contributed by atoms with Crippen molar-refractivity contribution < 1.29 is 4.79 Å². The van der Waals surface area contributed by atoms with E-state index >= 15 is 0 Å². The van der Waals surface area contributed by atoms with E-state index in [9.17, 15) is 4.79 Å². The summed E-state index contributed by atoms with van der Waals surface area (Å²) in [5, 5.41) is 0. The highest BCUT2D eigenvalue weighted by molar-refractivity contribution is 5.85. The molecule has 1 aliphatic carbocycles. The number of imidazole rings is 1. The number of benzene rings is 1. The molecular formula is C14H18N4O. The van der Waals surface area contributed by atoms with Crippen molar-refractivity contribution in [3.63, 3.8) is 0 Å². The number of nitrogens with zero attached hydrogens (tertiary/aromatic N) is 2. The maximum atomic E-state index is 11.5. The predicted octanol–water partition coefficient (Wildman–Crippen LogP) is 1.25. The Labute approximate surface area is 111 Å². The van der Waals surface area contributed by atoms with Gasteiger partial charge in [-0.05, 0) is 38.3 Å². The average Bonchev–Trinajstić information content (AvgIpc) is 2.90. The molecular weight excluding hydrogens is 240 g/mol. The topological polar surface area (TPSA) is 86.9 Å². The highest BCUT2D eigenvalue weighted by atomic mass is 16.1. The molecule has 4 N–H and O–H groups in total. The van der Waals surface area contributed by atoms with Gasteiger partial charge in [0, 0.05) is 6.04 Å². The van der Waals surface area contributed by atoms with Crippen molar-refractivity contribution in [2.24, 2.45) is 11.5 Å². The maximum Gasteiger partial charge on any atom is 0.237 e. The van der Waals surface area contributed by atoms with Crippen LogP contribution >= 0.6 is 0 Å². The highest BCUT2D eigenvalue weighted by Crippen LogP contribution is 2.38. The minimum atomic E-state index is -0.873. The number of hydrogen-bond donors (Lipinski definition) is 2. The van der Waals surface area contributed by atoms with Crippen LogP contribution in [0.4, 0.5) is 0 Å². The minimum absolute atomic E-state index is 0.199. The molecule has 0 spiro atoms. The van der Waals surface area contributed by atoms with Gasteiger partial charge in [0.25, 0.3) is 0 Å². The molecule has 1 aromatic carbocycles. The van der Waals surface area contributed by atoms with E-state index in [4.69, 9.17) is 11.5 Å². The Bertz CT molecular complexity index is 648. The summed E-state index contributed by atoms with van der Waals surface area (Å²) in [7, 11) is 0. The lowest BCUT2D eigenvalue weighted by molar-refractivity contribution is -0.123. The first kappa shape index (κ1) is 12.2. The lowest BCUT2D eigenvalue weighted by Gasteiger charge is -2.21. The van der Waals surface area contributed by atoms with Crippen molar-refractivity contribution in [1.82, 2.24) is 9.55 Å². The first-order valence-corrected chi connectivity index (χ1v) is 6.54. The molecule has 0 radical (unpaired) electrons. The first-order valence-electron chi connectivity index (χ1n) is 6.54. The van der Waals surface area contributed by atoms with Crippen molar-refractivity contribution in [1.29, 1.82) is 0 Å². The Morgan fingerprint density at radius 1 is 1.47 bits per heavy atom. The smallest absolute Gasteiger partial charge is 0.237 e. The van der Waals surface area contributed by atoms with Crippen molar-refractivity contribution >= 4 is 16.9 Å². The van der Waals surface area contributed by atoms with Gasteiger partial charge in [0.15, 0.2) is 0 Å². The maximum absolute atomic E-state index is 11.5. The number of para-hydroxylation sites is 2. The second kappa shape index (κ2) is 4.06. The van der Waals surface area contributed by atoms with Gasteiger partial charge in [-0.1, -0.05) is 12.1 Å². The molecule has 1 saturated carbocycles. The number of rotatable bonds is 2. The fourth-order valence-corrected chi connectivity index (χ4v) is 3.12. The Balaban J connectivity index is 2.02. The largest absolute Gasteiger partial charge is 0.368 e. The van der Waals surface area contributed by atoms with Crippen LogP contribution < -0.4 is 11.5 Å². The van der Waals surface area contributed by atoms with Crippen LogP contribution in [0.2, 0.25) is 0 Å². The van der Waals surface area contributed by atoms with Crippen molar-refractivity contribution in [2.45, 2.75) is 37.8 Å². The molecule has 3 rings (SSSR count). The van der Waals surface area contributed by atoms with Gasteiger partial charge in [0.05, 0.1) is 16.6 Å². The molecule has 2 aromatic rings. The number of primary amides is 1. The summed E-state index contributed by atoms with van der Waals surface area (Å²) in [4.78, 5) is 16.0. The van der Waals surface area contributed by atoms with Gasteiger partial charge in [-0.25, -0.2) is 4.98 Å². The molecule has 5 nitrogen and oxygen atoms in total. The third-order valence-electron chi connectivity index (χ3n) is 4.15. The summed E-state index contributed by atoms with van der Waals surface area (Å²) in [5.74, 6) is 0.553. The van der Waals surface area contributed by atoms with Gasteiger partial charge >= 0.3 is 0 Å². The predicted molar refractivity (Wildman–Crippen MR) is 73.5 cm³/mol. The van der Waals surface area contributed by atoms with Crippen LogP contribution in [-0.2, 0) is 4.79 Å². The van der Waals surface area contributed by atoms with Gasteiger partial charge in [-0.3, -0.25) is 4.79 Å². The van der Waals surface area contributed by atoms with Gasteiger partial charge in [0.2, 0.25) is 5.91 Å². The Kier molecular flexibility index (Phi) is 2.60. The fraction of sp³-hybridized carbons (Fsp3) is 0.429. The summed E-state index contributed by atoms with van der Waals surface area (Å²) >= 11 is 0. The number of carbonyl (C=O) groups is 1. The number of aryl methyl sites for hydroxylation is 1. The minimum Gasteiger partial charge on any atom is -0.368 e. The summed E-state index contributed by atoms with van der Waals surface area (Å²) < 4.78 is 2.19. The lowest BCUT2D eigenvalue weighted by atomic mass is 9.98. The Hall–Kier alpha value is -1.88. The Morgan fingerprint density at radius 3 is 2.89 bits per heavy atom. The average molecular weight is 258 g/mol. The zero-order valence-electron chi connectivity index (χ0n) is 11.0. The summed E-state index contributed by atoms with van der Waals surface area (Å²) in [6.45, 7) is 1.99. The quantitative estimate of drug-likeness (QED) is 0.850. The fourth-order valence-electron chi connectivity index (χ4n) is 3.12. The van der Waals surface area contributed by atoms with Crippen LogP contribution in [0.1, 0.15) is 31.1 Å². The lowest BCUT2D eigenvalue weighted by Crippen LogP contribution is -2.49. The van der Waals surface area contributed by atoms with Crippen molar-refractivity contribution in [3.8, 4) is 0 Å². The molecule has 1 fully saturated rings. The second-order valence-corrected chi connectivity index (χ2v) is 5.43. The number of aromatic nitrogens is 2. The van der Waals surface area contributed by atoms with Gasteiger partial charge in [0.1, 0.15) is 5.82 Å². The first-order chi connectivity index (χ1) is 9.01. The van der Waals surface area contributed by atoms with E-state index in [1.54, 1.807) is 0 Å². The van der Waals surface area contributed by atoms with E-state index in [0.717, 1.165) is 23.3 Å². The van der Waals surface area contributed by atoms with E-state index in [2.05, 4.69) is 15.6 Å². The number of hydrogen-bond acceptors (Lipinski definition) is 3. The SMILES string of the molecule is Cc1nc2ccccc2n1C1CCC(N)(C(N)=O)C1. The van der Waals surface area contributed by atoms with E-state index < -0.39 is 11.4 Å². The van der Waals surface area contributed by atoms with E-state index in [1.165, 1.54) is 0 Å². The van der Waals surface area contributed by atoms with Crippen LogP contribution in [-0.4, -0.2) is 21.0 Å². The van der Waals surface area contributed by atoms with Gasteiger partial charge < -0.3 is 16.0 Å². The molecule has 1 aromatic heterocycles. The molecule has 2 atom stereocenters.